The molecule has 1 N–H and O–H groups in total. The van der Waals surface area contributed by atoms with Gasteiger partial charge in [0.15, 0.2) is 0 Å². The normalized spacial score (nSPS) is 32.7. The van der Waals surface area contributed by atoms with Gasteiger partial charge in [-0.2, -0.15) is 0 Å². The van der Waals surface area contributed by atoms with Gasteiger partial charge in [0.2, 0.25) is 0 Å². The minimum Gasteiger partial charge on any atom is -0.381 e. The van der Waals surface area contributed by atoms with E-state index in [9.17, 15) is 0 Å². The summed E-state index contributed by atoms with van der Waals surface area (Å²) in [7, 11) is 0. The molecule has 2 atom stereocenters. The number of hydrogen-bond acceptors (Lipinski definition) is 3. The van der Waals surface area contributed by atoms with Gasteiger partial charge in [-0.1, -0.05) is 13.3 Å². The van der Waals surface area contributed by atoms with Gasteiger partial charge >= 0.3 is 0 Å². The Balaban J connectivity index is 1.97. The summed E-state index contributed by atoms with van der Waals surface area (Å²) >= 11 is 0. The largest absolute Gasteiger partial charge is 0.381 e. The molecule has 2 saturated heterocycles. The molecule has 3 heteroatoms. The van der Waals surface area contributed by atoms with E-state index in [0.717, 1.165) is 25.8 Å². The van der Waals surface area contributed by atoms with Crippen molar-refractivity contribution in [1.82, 2.24) is 10.2 Å². The maximum absolute atomic E-state index is 5.77. The molecule has 0 aromatic rings. The maximum Gasteiger partial charge on any atom is 0.0547 e. The molecular formula is C17H34N2O. The Labute approximate surface area is 125 Å². The van der Waals surface area contributed by atoms with Gasteiger partial charge in [-0.05, 0) is 53.0 Å². The summed E-state index contributed by atoms with van der Waals surface area (Å²) in [4.78, 5) is 2.75. The van der Waals surface area contributed by atoms with Gasteiger partial charge in [-0.25, -0.2) is 0 Å². The molecule has 2 rings (SSSR count). The van der Waals surface area contributed by atoms with Gasteiger partial charge in [0.1, 0.15) is 0 Å². The number of rotatable bonds is 5. The predicted octanol–water partition coefficient (Wildman–Crippen LogP) is 3.05. The molecule has 2 aliphatic rings. The highest BCUT2D eigenvalue weighted by atomic mass is 16.5. The van der Waals surface area contributed by atoms with Gasteiger partial charge in [-0.3, -0.25) is 4.90 Å². The van der Waals surface area contributed by atoms with Crippen molar-refractivity contribution in [2.45, 2.75) is 71.4 Å². The van der Waals surface area contributed by atoms with E-state index in [-0.39, 0.29) is 5.54 Å². The first-order valence-corrected chi connectivity index (χ1v) is 8.51. The zero-order valence-electron chi connectivity index (χ0n) is 14.0. The summed E-state index contributed by atoms with van der Waals surface area (Å²) in [6.07, 6.45) is 6.69. The van der Waals surface area contributed by atoms with Gasteiger partial charge in [-0.15, -0.1) is 0 Å². The second-order valence-corrected chi connectivity index (χ2v) is 7.93. The van der Waals surface area contributed by atoms with E-state index in [1.165, 1.54) is 45.2 Å². The number of nitrogens with one attached hydrogen (secondary N) is 1. The lowest BCUT2D eigenvalue weighted by molar-refractivity contribution is 0.0608. The standard InChI is InChI=1S/C17H34N2O/c1-5-15-8-6-7-10-19(15)13-17(9-11-20-14-17)12-18-16(2,3)4/h15,18H,5-14H2,1-4H3. The van der Waals surface area contributed by atoms with Gasteiger partial charge in [0.25, 0.3) is 0 Å². The molecule has 0 bridgehead atoms. The van der Waals surface area contributed by atoms with Crippen LogP contribution in [-0.2, 0) is 4.74 Å². The highest BCUT2D eigenvalue weighted by molar-refractivity contribution is 4.92. The molecule has 0 aromatic heterocycles. The van der Waals surface area contributed by atoms with Crippen LogP contribution in [-0.4, -0.2) is 49.3 Å². The number of hydrogen-bond donors (Lipinski definition) is 1. The van der Waals surface area contributed by atoms with E-state index >= 15 is 0 Å². The molecule has 118 valence electrons. The summed E-state index contributed by atoms with van der Waals surface area (Å²) in [5, 5.41) is 3.72. The topological polar surface area (TPSA) is 24.5 Å². The second kappa shape index (κ2) is 6.76. The van der Waals surface area contributed by atoms with Crippen LogP contribution in [0.1, 0.15) is 59.8 Å². The predicted molar refractivity (Wildman–Crippen MR) is 85.1 cm³/mol. The molecule has 0 amide bonds. The van der Waals surface area contributed by atoms with Crippen LogP contribution in [0.2, 0.25) is 0 Å². The van der Waals surface area contributed by atoms with Crippen LogP contribution in [0.3, 0.4) is 0 Å². The van der Waals surface area contributed by atoms with Crippen molar-refractivity contribution in [3.05, 3.63) is 0 Å². The zero-order chi connectivity index (χ0) is 14.6. The van der Waals surface area contributed by atoms with Crippen LogP contribution in [0.5, 0.6) is 0 Å². The van der Waals surface area contributed by atoms with Crippen LogP contribution in [0.15, 0.2) is 0 Å². The van der Waals surface area contributed by atoms with Crippen molar-refractivity contribution < 1.29 is 4.74 Å². The van der Waals surface area contributed by atoms with Gasteiger partial charge in [0, 0.05) is 36.7 Å². The first-order chi connectivity index (χ1) is 9.44. The Bertz CT molecular complexity index is 292. The van der Waals surface area contributed by atoms with Crippen LogP contribution >= 0.6 is 0 Å². The number of ether oxygens (including phenoxy) is 1. The highest BCUT2D eigenvalue weighted by Crippen LogP contribution is 2.32. The fourth-order valence-electron chi connectivity index (χ4n) is 3.58. The highest BCUT2D eigenvalue weighted by Gasteiger charge is 2.39. The van der Waals surface area contributed by atoms with Crippen molar-refractivity contribution in [2.75, 3.05) is 32.8 Å². The fraction of sp³-hybridized carbons (Fsp3) is 1.00. The Morgan fingerprint density at radius 1 is 1.30 bits per heavy atom. The molecule has 0 aliphatic carbocycles. The molecule has 3 nitrogen and oxygen atoms in total. The lowest BCUT2D eigenvalue weighted by Crippen LogP contribution is -2.52. The Morgan fingerprint density at radius 2 is 2.10 bits per heavy atom. The lowest BCUT2D eigenvalue weighted by atomic mass is 9.84. The Kier molecular flexibility index (Phi) is 5.49. The molecule has 0 spiro atoms. The Hall–Kier alpha value is -0.120. The zero-order valence-corrected chi connectivity index (χ0v) is 14.0. The quantitative estimate of drug-likeness (QED) is 0.839. The van der Waals surface area contributed by atoms with Crippen molar-refractivity contribution in [3.63, 3.8) is 0 Å². The molecule has 2 unspecified atom stereocenters. The van der Waals surface area contributed by atoms with Crippen molar-refractivity contribution in [2.24, 2.45) is 5.41 Å². The SMILES string of the molecule is CCC1CCCCN1CC1(CNC(C)(C)C)CCOC1. The molecular weight excluding hydrogens is 248 g/mol. The van der Waals surface area contributed by atoms with Crippen molar-refractivity contribution in [3.8, 4) is 0 Å². The molecule has 20 heavy (non-hydrogen) atoms. The molecule has 2 aliphatic heterocycles. The average Bonchev–Trinajstić information content (AvgIpc) is 2.86. The second-order valence-electron chi connectivity index (χ2n) is 7.93. The molecule has 0 saturated carbocycles. The molecule has 0 aromatic carbocycles. The fourth-order valence-corrected chi connectivity index (χ4v) is 3.58. The summed E-state index contributed by atoms with van der Waals surface area (Å²) in [6, 6.07) is 0.802. The van der Waals surface area contributed by atoms with Gasteiger partial charge in [0.05, 0.1) is 6.61 Å². The third-order valence-corrected chi connectivity index (χ3v) is 4.94. The molecule has 2 heterocycles. The third-order valence-electron chi connectivity index (χ3n) is 4.94. The van der Waals surface area contributed by atoms with E-state index in [2.05, 4.69) is 37.9 Å². The lowest BCUT2D eigenvalue weighted by Gasteiger charge is -2.42. The summed E-state index contributed by atoms with van der Waals surface area (Å²) < 4.78 is 5.77. The first-order valence-electron chi connectivity index (χ1n) is 8.51. The number of piperidine rings is 1. The third kappa shape index (κ3) is 4.44. The summed E-state index contributed by atoms with van der Waals surface area (Å²) in [6.45, 7) is 14.6. The number of likely N-dealkylation sites (tertiary alicyclic amines) is 1. The van der Waals surface area contributed by atoms with Crippen LogP contribution in [0, 0.1) is 5.41 Å². The first kappa shape index (κ1) is 16.3. The van der Waals surface area contributed by atoms with Crippen LogP contribution < -0.4 is 5.32 Å². The van der Waals surface area contributed by atoms with Crippen molar-refractivity contribution >= 4 is 0 Å². The summed E-state index contributed by atoms with van der Waals surface area (Å²) in [5.74, 6) is 0. The Morgan fingerprint density at radius 3 is 2.70 bits per heavy atom. The van der Waals surface area contributed by atoms with Crippen LogP contribution in [0.4, 0.5) is 0 Å². The van der Waals surface area contributed by atoms with E-state index in [0.29, 0.717) is 5.41 Å². The number of nitrogens with zero attached hydrogens (tertiary/aromatic N) is 1. The van der Waals surface area contributed by atoms with E-state index in [1.54, 1.807) is 0 Å². The molecule has 0 radical (unpaired) electrons. The van der Waals surface area contributed by atoms with E-state index in [4.69, 9.17) is 4.74 Å². The monoisotopic (exact) mass is 282 g/mol. The maximum atomic E-state index is 5.77. The van der Waals surface area contributed by atoms with Gasteiger partial charge < -0.3 is 10.1 Å². The van der Waals surface area contributed by atoms with E-state index in [1.807, 2.05) is 0 Å². The van der Waals surface area contributed by atoms with Crippen LogP contribution in [0.25, 0.3) is 0 Å². The molecule has 2 fully saturated rings. The minimum atomic E-state index is 0.196. The average molecular weight is 282 g/mol. The van der Waals surface area contributed by atoms with E-state index < -0.39 is 0 Å². The van der Waals surface area contributed by atoms with Crippen molar-refractivity contribution in [1.29, 1.82) is 0 Å². The minimum absolute atomic E-state index is 0.196. The smallest absolute Gasteiger partial charge is 0.0547 e. The summed E-state index contributed by atoms with van der Waals surface area (Å²) in [5.41, 5.74) is 0.527.